The molecule has 6 heteroatoms. The van der Waals surface area contributed by atoms with Gasteiger partial charge in [-0.15, -0.1) is 0 Å². The summed E-state index contributed by atoms with van der Waals surface area (Å²) in [6.07, 6.45) is 3.36. The van der Waals surface area contributed by atoms with E-state index in [4.69, 9.17) is 13.9 Å². The first-order valence-corrected chi connectivity index (χ1v) is 13.6. The van der Waals surface area contributed by atoms with Crippen LogP contribution in [0.4, 0.5) is 4.79 Å². The summed E-state index contributed by atoms with van der Waals surface area (Å²) in [5, 5.41) is 4.80. The number of rotatable bonds is 7. The number of nitrogens with one attached hydrogen (secondary N) is 1. The molecule has 0 saturated heterocycles. The van der Waals surface area contributed by atoms with Gasteiger partial charge in [0.05, 0.1) is 7.11 Å². The molecule has 1 aromatic heterocycles. The monoisotopic (exact) mass is 547 g/mol. The van der Waals surface area contributed by atoms with Gasteiger partial charge in [-0.2, -0.15) is 0 Å². The predicted molar refractivity (Wildman–Crippen MR) is 163 cm³/mol. The maximum absolute atomic E-state index is 12.2. The molecule has 5 rings (SSSR count). The van der Waals surface area contributed by atoms with Crippen molar-refractivity contribution >= 4 is 40.1 Å². The first kappa shape index (κ1) is 27.7. The molecule has 6 nitrogen and oxygen atoms in total. The van der Waals surface area contributed by atoms with Gasteiger partial charge in [-0.05, 0) is 67.6 Å². The van der Waals surface area contributed by atoms with E-state index in [-0.39, 0.29) is 6.42 Å². The third-order valence-corrected chi connectivity index (χ3v) is 6.66. The van der Waals surface area contributed by atoms with Crippen molar-refractivity contribution in [3.8, 4) is 22.3 Å². The van der Waals surface area contributed by atoms with Gasteiger partial charge in [0, 0.05) is 16.3 Å². The van der Waals surface area contributed by atoms with Crippen LogP contribution < -0.4 is 5.32 Å². The van der Waals surface area contributed by atoms with Gasteiger partial charge in [0.25, 0.3) is 0 Å². The lowest BCUT2D eigenvalue weighted by atomic mass is 9.97. The van der Waals surface area contributed by atoms with Crippen molar-refractivity contribution in [1.29, 1.82) is 0 Å². The second-order valence-electron chi connectivity index (χ2n) is 10.8. The number of methoxy groups -OCH3 is 1. The Morgan fingerprint density at radius 2 is 1.54 bits per heavy atom. The summed E-state index contributed by atoms with van der Waals surface area (Å²) in [6.45, 7) is 5.30. The molecule has 1 atom stereocenters. The van der Waals surface area contributed by atoms with Gasteiger partial charge >= 0.3 is 12.1 Å². The average molecular weight is 548 g/mol. The number of amides is 1. The summed E-state index contributed by atoms with van der Waals surface area (Å²) < 4.78 is 16.4. The lowest BCUT2D eigenvalue weighted by molar-refractivity contribution is -0.143. The van der Waals surface area contributed by atoms with E-state index in [9.17, 15) is 9.59 Å². The van der Waals surface area contributed by atoms with Gasteiger partial charge in [0.2, 0.25) is 0 Å². The van der Waals surface area contributed by atoms with E-state index < -0.39 is 23.7 Å². The average Bonchev–Trinajstić information content (AvgIpc) is 3.34. The number of benzene rings is 4. The molecule has 1 N–H and O–H groups in total. The molecule has 0 spiro atoms. The van der Waals surface area contributed by atoms with Gasteiger partial charge in [-0.25, -0.2) is 9.59 Å². The Morgan fingerprint density at radius 1 is 0.854 bits per heavy atom. The van der Waals surface area contributed by atoms with Crippen molar-refractivity contribution in [1.82, 2.24) is 5.32 Å². The minimum atomic E-state index is -0.855. The van der Waals surface area contributed by atoms with Gasteiger partial charge in [-0.3, -0.25) is 0 Å². The highest BCUT2D eigenvalue weighted by atomic mass is 16.6. The number of hydrogen-bond donors (Lipinski definition) is 1. The zero-order valence-corrected chi connectivity index (χ0v) is 23.6. The number of furan rings is 1. The number of esters is 1. The van der Waals surface area contributed by atoms with Crippen molar-refractivity contribution in [2.75, 3.05) is 7.11 Å². The zero-order valence-electron chi connectivity index (χ0n) is 23.6. The van der Waals surface area contributed by atoms with Gasteiger partial charge in [0.1, 0.15) is 22.8 Å². The summed E-state index contributed by atoms with van der Waals surface area (Å²) >= 11 is 0. The van der Waals surface area contributed by atoms with Gasteiger partial charge in [-0.1, -0.05) is 84.9 Å². The van der Waals surface area contributed by atoms with Crippen molar-refractivity contribution in [2.45, 2.75) is 38.8 Å². The second kappa shape index (κ2) is 11.7. The second-order valence-corrected chi connectivity index (χ2v) is 10.8. The fourth-order valence-corrected chi connectivity index (χ4v) is 4.81. The number of para-hydroxylation sites is 2. The standard InChI is InChI=1S/C35H33NO5/c1-35(2,3)41-34(38)36-30(33(37)39-4)19-8-12-23-11-7-13-24(21-23)25-14-9-15-26(22-25)27-17-10-18-29-28-16-5-6-20-31(28)40-32(27)29/h5-18,20-22,30H,19H2,1-4H3,(H,36,38)/t30-/m0/s1. The van der Waals surface area contributed by atoms with Crippen molar-refractivity contribution in [3.63, 3.8) is 0 Å². The third-order valence-electron chi connectivity index (χ3n) is 6.66. The molecule has 0 aliphatic rings. The molecule has 1 amide bonds. The Bertz CT molecular complexity index is 1740. The summed E-state index contributed by atoms with van der Waals surface area (Å²) in [7, 11) is 1.29. The smallest absolute Gasteiger partial charge is 0.408 e. The first-order valence-electron chi connectivity index (χ1n) is 13.6. The highest BCUT2D eigenvalue weighted by molar-refractivity contribution is 6.09. The van der Waals surface area contributed by atoms with Crippen LogP contribution in [0.15, 0.2) is 101 Å². The molecular formula is C35H33NO5. The molecule has 0 fully saturated rings. The van der Waals surface area contributed by atoms with E-state index in [1.807, 2.05) is 42.5 Å². The number of hydrogen-bond acceptors (Lipinski definition) is 5. The molecule has 0 bridgehead atoms. The minimum absolute atomic E-state index is 0.257. The van der Waals surface area contributed by atoms with Gasteiger partial charge < -0.3 is 19.2 Å². The van der Waals surface area contributed by atoms with Crippen molar-refractivity contribution in [3.05, 3.63) is 103 Å². The van der Waals surface area contributed by atoms with Crippen LogP contribution in [0, 0.1) is 0 Å². The highest BCUT2D eigenvalue weighted by Gasteiger charge is 2.24. The molecule has 0 aliphatic carbocycles. The summed E-state index contributed by atoms with van der Waals surface area (Å²) in [4.78, 5) is 24.4. The van der Waals surface area contributed by atoms with E-state index in [0.29, 0.717) is 0 Å². The van der Waals surface area contributed by atoms with E-state index in [1.165, 1.54) is 7.11 Å². The SMILES string of the molecule is COC(=O)[C@H](CC=Cc1cccc(-c2cccc(-c3cccc4c3oc3ccccc34)c2)c1)NC(=O)OC(C)(C)C. The summed E-state index contributed by atoms with van der Waals surface area (Å²) in [5.41, 5.74) is 6.30. The number of alkyl carbamates (subject to hydrolysis) is 1. The number of fused-ring (bicyclic) bond motifs is 3. The van der Waals surface area contributed by atoms with E-state index in [1.54, 1.807) is 20.8 Å². The molecule has 1 heterocycles. The lowest BCUT2D eigenvalue weighted by Gasteiger charge is -2.22. The van der Waals surface area contributed by atoms with Crippen LogP contribution in [0.5, 0.6) is 0 Å². The predicted octanol–water partition coefficient (Wildman–Crippen LogP) is 8.39. The topological polar surface area (TPSA) is 77.8 Å². The molecule has 208 valence electrons. The Labute approximate surface area is 239 Å². The van der Waals surface area contributed by atoms with Crippen LogP contribution in [-0.4, -0.2) is 30.8 Å². The largest absolute Gasteiger partial charge is 0.467 e. The number of carbonyl (C=O) groups excluding carboxylic acids is 2. The molecule has 0 aliphatic heterocycles. The van der Waals surface area contributed by atoms with Gasteiger partial charge in [0.15, 0.2) is 0 Å². The Kier molecular flexibility index (Phi) is 7.92. The molecule has 0 radical (unpaired) electrons. The molecular weight excluding hydrogens is 514 g/mol. The van der Waals surface area contributed by atoms with Crippen LogP contribution in [0.1, 0.15) is 32.8 Å². The fourth-order valence-electron chi connectivity index (χ4n) is 4.81. The van der Waals surface area contributed by atoms with E-state index >= 15 is 0 Å². The third kappa shape index (κ3) is 6.49. The maximum Gasteiger partial charge on any atom is 0.408 e. The summed E-state index contributed by atoms with van der Waals surface area (Å²) in [6, 6.07) is 30.0. The Hall–Kier alpha value is -4.84. The molecule has 4 aromatic carbocycles. The van der Waals surface area contributed by atoms with E-state index in [0.717, 1.165) is 49.8 Å². The summed E-state index contributed by atoms with van der Waals surface area (Å²) in [5.74, 6) is -0.537. The molecule has 0 unspecified atom stereocenters. The van der Waals surface area contributed by atoms with Crippen molar-refractivity contribution in [2.24, 2.45) is 0 Å². The van der Waals surface area contributed by atoms with Crippen LogP contribution in [-0.2, 0) is 14.3 Å². The normalized spacial score (nSPS) is 12.5. The quantitative estimate of drug-likeness (QED) is 0.207. The first-order chi connectivity index (χ1) is 19.7. The minimum Gasteiger partial charge on any atom is -0.467 e. The Morgan fingerprint density at radius 3 is 2.32 bits per heavy atom. The Balaban J connectivity index is 1.36. The lowest BCUT2D eigenvalue weighted by Crippen LogP contribution is -2.43. The number of ether oxygens (including phenoxy) is 2. The van der Waals surface area contributed by atoms with Crippen LogP contribution in [0.25, 0.3) is 50.3 Å². The van der Waals surface area contributed by atoms with E-state index in [2.05, 4.69) is 66.0 Å². The van der Waals surface area contributed by atoms with Crippen LogP contribution >= 0.6 is 0 Å². The fraction of sp³-hybridized carbons (Fsp3) is 0.200. The molecule has 5 aromatic rings. The highest BCUT2D eigenvalue weighted by Crippen LogP contribution is 2.36. The van der Waals surface area contributed by atoms with Crippen molar-refractivity contribution < 1.29 is 23.5 Å². The molecule has 0 saturated carbocycles. The van der Waals surface area contributed by atoms with Crippen LogP contribution in [0.2, 0.25) is 0 Å². The molecule has 41 heavy (non-hydrogen) atoms. The maximum atomic E-state index is 12.2. The van der Waals surface area contributed by atoms with Crippen LogP contribution in [0.3, 0.4) is 0 Å². The zero-order chi connectivity index (χ0) is 29.0. The number of carbonyl (C=O) groups is 2.